The number of hydrogen-bond acceptors (Lipinski definition) is 2. The van der Waals surface area contributed by atoms with Gasteiger partial charge < -0.3 is 10.2 Å². The van der Waals surface area contributed by atoms with Crippen LogP contribution in [-0.2, 0) is 11.2 Å². The normalized spacial score (nSPS) is 12.1. The summed E-state index contributed by atoms with van der Waals surface area (Å²) in [5.41, 5.74) is 2.98. The second kappa shape index (κ2) is 7.63. The fourth-order valence-corrected chi connectivity index (χ4v) is 2.75. The number of rotatable bonds is 6. The third kappa shape index (κ3) is 5.02. The Bertz CT molecular complexity index is 633. The lowest BCUT2D eigenvalue weighted by Crippen LogP contribution is -2.13. The van der Waals surface area contributed by atoms with Crippen LogP contribution >= 0.6 is 23.2 Å². The van der Waals surface area contributed by atoms with E-state index in [4.69, 9.17) is 28.3 Å². The quantitative estimate of drug-likeness (QED) is 0.819. The van der Waals surface area contributed by atoms with Crippen LogP contribution in [0, 0.1) is 0 Å². The molecule has 5 heteroatoms. The van der Waals surface area contributed by atoms with Gasteiger partial charge in [-0.1, -0.05) is 47.5 Å². The summed E-state index contributed by atoms with van der Waals surface area (Å²) < 4.78 is 0. The summed E-state index contributed by atoms with van der Waals surface area (Å²) in [5.74, 6) is -0.985. The largest absolute Gasteiger partial charge is 0.481 e. The molecule has 0 heterocycles. The van der Waals surface area contributed by atoms with Gasteiger partial charge in [0.05, 0.1) is 12.5 Å². The first-order valence-electron chi connectivity index (χ1n) is 6.89. The molecule has 0 bridgehead atoms. The summed E-state index contributed by atoms with van der Waals surface area (Å²) in [7, 11) is 0. The smallest absolute Gasteiger partial charge is 0.305 e. The number of aliphatic hydroxyl groups excluding tert-OH is 1. The van der Waals surface area contributed by atoms with Gasteiger partial charge in [0.2, 0.25) is 0 Å². The lowest BCUT2D eigenvalue weighted by molar-refractivity contribution is -0.139. The molecule has 1 unspecified atom stereocenters. The minimum Gasteiger partial charge on any atom is -0.481 e. The number of aliphatic carboxylic acids is 1. The Balaban J connectivity index is 2.02. The summed E-state index contributed by atoms with van der Waals surface area (Å²) in [4.78, 5) is 10.5. The van der Waals surface area contributed by atoms with E-state index < -0.39 is 12.1 Å². The third-order valence-corrected chi connectivity index (χ3v) is 3.76. The number of carboxylic acid groups (broad SMARTS) is 1. The summed E-state index contributed by atoms with van der Waals surface area (Å²) in [5, 5.41) is 19.3. The van der Waals surface area contributed by atoms with E-state index in [2.05, 4.69) is 0 Å². The Labute approximate surface area is 139 Å². The van der Waals surface area contributed by atoms with Crippen LogP contribution in [0.4, 0.5) is 0 Å². The van der Waals surface area contributed by atoms with Crippen LogP contribution in [-0.4, -0.2) is 22.3 Å². The second-order valence-corrected chi connectivity index (χ2v) is 6.02. The molecule has 0 saturated carbocycles. The van der Waals surface area contributed by atoms with Crippen molar-refractivity contribution in [1.82, 2.24) is 0 Å². The molecule has 0 aliphatic heterocycles. The molecule has 2 aromatic carbocycles. The van der Waals surface area contributed by atoms with E-state index in [1.54, 1.807) is 6.07 Å². The topological polar surface area (TPSA) is 57.5 Å². The van der Waals surface area contributed by atoms with Gasteiger partial charge in [-0.3, -0.25) is 4.79 Å². The first-order valence-corrected chi connectivity index (χ1v) is 7.65. The Kier molecular flexibility index (Phi) is 5.83. The van der Waals surface area contributed by atoms with E-state index in [1.165, 1.54) is 0 Å². The van der Waals surface area contributed by atoms with Crippen LogP contribution < -0.4 is 0 Å². The molecule has 116 valence electrons. The molecule has 0 aliphatic rings. The van der Waals surface area contributed by atoms with Crippen molar-refractivity contribution in [2.75, 3.05) is 0 Å². The van der Waals surface area contributed by atoms with Crippen LogP contribution in [0.2, 0.25) is 10.0 Å². The van der Waals surface area contributed by atoms with Gasteiger partial charge in [0.25, 0.3) is 0 Å². The number of halogens is 2. The standard InChI is InChI=1S/C17H16Cl2O3/c18-14-7-13(8-15(19)9-14)12-4-1-11(2-5-12)3-6-16(20)10-17(21)22/h1-2,4-5,7-9,16,20H,3,6,10H2,(H,21,22). The fraction of sp³-hybridized carbons (Fsp3) is 0.235. The van der Waals surface area contributed by atoms with E-state index >= 15 is 0 Å². The molecular weight excluding hydrogens is 323 g/mol. The Morgan fingerprint density at radius 3 is 2.14 bits per heavy atom. The fourth-order valence-electron chi connectivity index (χ4n) is 2.22. The molecule has 22 heavy (non-hydrogen) atoms. The molecule has 0 saturated heterocycles. The first-order chi connectivity index (χ1) is 10.4. The highest BCUT2D eigenvalue weighted by Crippen LogP contribution is 2.27. The van der Waals surface area contributed by atoms with Crippen molar-refractivity contribution in [2.24, 2.45) is 0 Å². The number of hydrogen-bond donors (Lipinski definition) is 2. The van der Waals surface area contributed by atoms with Gasteiger partial charge in [0.1, 0.15) is 0 Å². The van der Waals surface area contributed by atoms with Crippen molar-refractivity contribution in [3.8, 4) is 11.1 Å². The van der Waals surface area contributed by atoms with E-state index in [1.807, 2.05) is 36.4 Å². The zero-order chi connectivity index (χ0) is 16.1. The molecule has 0 aliphatic carbocycles. The van der Waals surface area contributed by atoms with Crippen molar-refractivity contribution in [1.29, 1.82) is 0 Å². The lowest BCUT2D eigenvalue weighted by Gasteiger charge is -2.09. The van der Waals surface area contributed by atoms with Crippen molar-refractivity contribution >= 4 is 29.2 Å². The average Bonchev–Trinajstić information content (AvgIpc) is 2.44. The molecular formula is C17H16Cl2O3. The molecule has 1 atom stereocenters. The van der Waals surface area contributed by atoms with Crippen LogP contribution in [0.5, 0.6) is 0 Å². The zero-order valence-electron chi connectivity index (χ0n) is 11.8. The predicted molar refractivity (Wildman–Crippen MR) is 88.5 cm³/mol. The molecule has 2 rings (SSSR count). The Morgan fingerprint density at radius 1 is 1.00 bits per heavy atom. The summed E-state index contributed by atoms with van der Waals surface area (Å²) in [6.45, 7) is 0. The summed E-state index contributed by atoms with van der Waals surface area (Å²) in [6.07, 6.45) is 0.0163. The summed E-state index contributed by atoms with van der Waals surface area (Å²) >= 11 is 12.0. The molecule has 0 spiro atoms. The number of carbonyl (C=O) groups is 1. The number of benzene rings is 2. The maximum atomic E-state index is 10.5. The second-order valence-electron chi connectivity index (χ2n) is 5.15. The minimum atomic E-state index is -0.985. The SMILES string of the molecule is O=C(O)CC(O)CCc1ccc(-c2cc(Cl)cc(Cl)c2)cc1. The van der Waals surface area contributed by atoms with Gasteiger partial charge in [-0.2, -0.15) is 0 Å². The molecule has 0 aromatic heterocycles. The maximum absolute atomic E-state index is 10.5. The highest BCUT2D eigenvalue weighted by molar-refractivity contribution is 6.35. The van der Waals surface area contributed by atoms with Crippen LogP contribution in [0.25, 0.3) is 11.1 Å². The molecule has 0 fully saturated rings. The molecule has 3 nitrogen and oxygen atoms in total. The highest BCUT2D eigenvalue weighted by Gasteiger charge is 2.09. The molecule has 0 amide bonds. The monoisotopic (exact) mass is 338 g/mol. The minimum absolute atomic E-state index is 0.223. The van der Waals surface area contributed by atoms with Crippen molar-refractivity contribution < 1.29 is 15.0 Å². The number of carboxylic acids is 1. The highest BCUT2D eigenvalue weighted by atomic mass is 35.5. The summed E-state index contributed by atoms with van der Waals surface area (Å²) in [6, 6.07) is 13.2. The molecule has 2 N–H and O–H groups in total. The van der Waals surface area contributed by atoms with Crippen LogP contribution in [0.15, 0.2) is 42.5 Å². The van der Waals surface area contributed by atoms with E-state index in [0.29, 0.717) is 22.9 Å². The third-order valence-electron chi connectivity index (χ3n) is 3.33. The van der Waals surface area contributed by atoms with Crippen LogP contribution in [0.1, 0.15) is 18.4 Å². The van der Waals surface area contributed by atoms with E-state index in [-0.39, 0.29) is 6.42 Å². The Morgan fingerprint density at radius 2 is 1.59 bits per heavy atom. The van der Waals surface area contributed by atoms with Crippen molar-refractivity contribution in [3.63, 3.8) is 0 Å². The van der Waals surface area contributed by atoms with Gasteiger partial charge in [-0.05, 0) is 47.7 Å². The van der Waals surface area contributed by atoms with Crippen LogP contribution in [0.3, 0.4) is 0 Å². The zero-order valence-corrected chi connectivity index (χ0v) is 13.3. The van der Waals surface area contributed by atoms with Gasteiger partial charge in [-0.15, -0.1) is 0 Å². The number of aliphatic hydroxyl groups is 1. The molecule has 2 aromatic rings. The van der Waals surface area contributed by atoms with Gasteiger partial charge >= 0.3 is 5.97 Å². The van der Waals surface area contributed by atoms with Gasteiger partial charge in [-0.25, -0.2) is 0 Å². The van der Waals surface area contributed by atoms with E-state index in [0.717, 1.165) is 16.7 Å². The maximum Gasteiger partial charge on any atom is 0.305 e. The Hall–Kier alpha value is -1.55. The first kappa shape index (κ1) is 16.8. The van der Waals surface area contributed by atoms with Crippen molar-refractivity contribution in [2.45, 2.75) is 25.4 Å². The lowest BCUT2D eigenvalue weighted by atomic mass is 10.0. The van der Waals surface area contributed by atoms with E-state index in [9.17, 15) is 9.90 Å². The van der Waals surface area contributed by atoms with Crippen molar-refractivity contribution in [3.05, 3.63) is 58.1 Å². The number of aryl methyl sites for hydroxylation is 1. The molecule has 0 radical (unpaired) electrons. The average molecular weight is 339 g/mol. The van der Waals surface area contributed by atoms with Gasteiger partial charge in [0, 0.05) is 10.0 Å². The van der Waals surface area contributed by atoms with Gasteiger partial charge in [0.15, 0.2) is 0 Å². The predicted octanol–water partition coefficient (Wildman–Crippen LogP) is 4.43.